The van der Waals surface area contributed by atoms with Crippen molar-refractivity contribution >= 4 is 11.6 Å². The van der Waals surface area contributed by atoms with Crippen LogP contribution < -0.4 is 5.73 Å². The quantitative estimate of drug-likeness (QED) is 0.872. The van der Waals surface area contributed by atoms with Crippen LogP contribution in [0.25, 0.3) is 0 Å². The van der Waals surface area contributed by atoms with E-state index in [0.717, 1.165) is 13.1 Å². The fraction of sp³-hybridized carbons (Fsp3) is 0.350. The Morgan fingerprint density at radius 2 is 1.84 bits per heavy atom. The Morgan fingerprint density at radius 1 is 1.16 bits per heavy atom. The summed E-state index contributed by atoms with van der Waals surface area (Å²) in [6, 6.07) is 14.0. The van der Waals surface area contributed by atoms with E-state index in [1.54, 1.807) is 30.3 Å². The zero-order valence-corrected chi connectivity index (χ0v) is 14.7. The average Bonchev–Trinajstić information content (AvgIpc) is 2.61. The number of piperazine rings is 1. The second-order valence-electron chi connectivity index (χ2n) is 6.66. The van der Waals surface area contributed by atoms with Gasteiger partial charge in [0.1, 0.15) is 5.82 Å². The third kappa shape index (κ3) is 3.66. The molecule has 3 rings (SSSR count). The van der Waals surface area contributed by atoms with Gasteiger partial charge in [0.2, 0.25) is 0 Å². The lowest BCUT2D eigenvalue weighted by Gasteiger charge is -2.42. The van der Waals surface area contributed by atoms with Crippen LogP contribution in [-0.4, -0.2) is 41.4 Å². The zero-order valence-electron chi connectivity index (χ0n) is 14.7. The summed E-state index contributed by atoms with van der Waals surface area (Å²) in [7, 11) is 0. The number of anilines is 1. The molecule has 0 spiro atoms. The highest BCUT2D eigenvalue weighted by atomic mass is 19.1. The van der Waals surface area contributed by atoms with Crippen molar-refractivity contribution in [1.82, 2.24) is 9.80 Å². The number of halogens is 1. The van der Waals surface area contributed by atoms with E-state index in [2.05, 4.69) is 4.90 Å². The summed E-state index contributed by atoms with van der Waals surface area (Å²) in [5, 5.41) is 0. The fourth-order valence-corrected chi connectivity index (χ4v) is 3.44. The number of nitrogens with zero attached hydrogens (tertiary/aromatic N) is 2. The van der Waals surface area contributed by atoms with Crippen molar-refractivity contribution in [2.75, 3.05) is 25.4 Å². The van der Waals surface area contributed by atoms with Crippen LogP contribution in [0, 0.1) is 5.82 Å². The number of hydrogen-bond donors (Lipinski definition) is 1. The summed E-state index contributed by atoms with van der Waals surface area (Å²) in [6.07, 6.45) is 0. The maximum absolute atomic E-state index is 14.0. The van der Waals surface area contributed by atoms with Crippen molar-refractivity contribution in [2.24, 2.45) is 0 Å². The van der Waals surface area contributed by atoms with E-state index in [1.807, 2.05) is 30.9 Å². The van der Waals surface area contributed by atoms with Gasteiger partial charge in [0.15, 0.2) is 0 Å². The summed E-state index contributed by atoms with van der Waals surface area (Å²) in [5.74, 6) is -0.159. The minimum atomic E-state index is -0.178. The SMILES string of the molecule is CC(c1ccccc1F)N1CCN(C(=O)c2ccc(N)cc2)[C@H](C)C1. The molecule has 2 atom stereocenters. The van der Waals surface area contributed by atoms with Gasteiger partial charge in [-0.1, -0.05) is 18.2 Å². The molecule has 5 heteroatoms. The van der Waals surface area contributed by atoms with Gasteiger partial charge in [-0.25, -0.2) is 4.39 Å². The van der Waals surface area contributed by atoms with Crippen LogP contribution in [0.4, 0.5) is 10.1 Å². The van der Waals surface area contributed by atoms with Crippen molar-refractivity contribution in [2.45, 2.75) is 25.9 Å². The molecular formula is C20H24FN3O. The van der Waals surface area contributed by atoms with Gasteiger partial charge in [0.05, 0.1) is 0 Å². The van der Waals surface area contributed by atoms with Crippen molar-refractivity contribution in [3.8, 4) is 0 Å². The first-order chi connectivity index (χ1) is 12.0. The van der Waals surface area contributed by atoms with Crippen LogP contribution in [0.3, 0.4) is 0 Å². The number of nitrogen functional groups attached to an aromatic ring is 1. The molecule has 0 aromatic heterocycles. The molecule has 0 aliphatic carbocycles. The lowest BCUT2D eigenvalue weighted by molar-refractivity contribution is 0.0402. The molecule has 0 bridgehead atoms. The first-order valence-corrected chi connectivity index (χ1v) is 8.62. The van der Waals surface area contributed by atoms with Crippen LogP contribution in [0.5, 0.6) is 0 Å². The molecule has 1 heterocycles. The molecule has 1 amide bonds. The Morgan fingerprint density at radius 3 is 2.48 bits per heavy atom. The second kappa shape index (κ2) is 7.23. The van der Waals surface area contributed by atoms with E-state index in [-0.39, 0.29) is 23.8 Å². The van der Waals surface area contributed by atoms with Gasteiger partial charge < -0.3 is 10.6 Å². The Bertz CT molecular complexity index is 747. The molecule has 1 unspecified atom stereocenters. The van der Waals surface area contributed by atoms with Crippen molar-refractivity contribution < 1.29 is 9.18 Å². The molecule has 0 saturated carbocycles. The lowest BCUT2D eigenvalue weighted by Crippen LogP contribution is -2.54. The number of rotatable bonds is 3. The number of hydrogen-bond acceptors (Lipinski definition) is 3. The largest absolute Gasteiger partial charge is 0.399 e. The number of carbonyl (C=O) groups excluding carboxylic acids is 1. The number of amides is 1. The van der Waals surface area contributed by atoms with Gasteiger partial charge in [-0.15, -0.1) is 0 Å². The Labute approximate surface area is 148 Å². The van der Waals surface area contributed by atoms with Crippen molar-refractivity contribution in [3.05, 3.63) is 65.5 Å². The van der Waals surface area contributed by atoms with Crippen LogP contribution in [0.2, 0.25) is 0 Å². The Kier molecular flexibility index (Phi) is 5.04. The topological polar surface area (TPSA) is 49.6 Å². The zero-order chi connectivity index (χ0) is 18.0. The van der Waals surface area contributed by atoms with Gasteiger partial charge in [0, 0.05) is 48.5 Å². The molecule has 1 fully saturated rings. The summed E-state index contributed by atoms with van der Waals surface area (Å²) in [6.45, 7) is 6.12. The predicted molar refractivity (Wildman–Crippen MR) is 97.7 cm³/mol. The maximum atomic E-state index is 14.0. The third-order valence-electron chi connectivity index (χ3n) is 4.98. The second-order valence-corrected chi connectivity index (χ2v) is 6.66. The fourth-order valence-electron chi connectivity index (χ4n) is 3.44. The Balaban J connectivity index is 1.69. The molecule has 1 aliphatic heterocycles. The van der Waals surface area contributed by atoms with E-state index in [4.69, 9.17) is 5.73 Å². The molecule has 2 aromatic carbocycles. The first-order valence-electron chi connectivity index (χ1n) is 8.62. The first kappa shape index (κ1) is 17.4. The number of nitrogens with two attached hydrogens (primary N) is 1. The van der Waals surface area contributed by atoms with Gasteiger partial charge >= 0.3 is 0 Å². The third-order valence-corrected chi connectivity index (χ3v) is 4.98. The van der Waals surface area contributed by atoms with E-state index < -0.39 is 0 Å². The van der Waals surface area contributed by atoms with Gasteiger partial charge in [-0.2, -0.15) is 0 Å². The minimum Gasteiger partial charge on any atom is -0.399 e. The molecule has 132 valence electrons. The van der Waals surface area contributed by atoms with Crippen LogP contribution >= 0.6 is 0 Å². The number of benzene rings is 2. The maximum Gasteiger partial charge on any atom is 0.254 e. The molecule has 2 aromatic rings. The molecule has 1 aliphatic rings. The minimum absolute atomic E-state index is 0.0163. The molecule has 4 nitrogen and oxygen atoms in total. The monoisotopic (exact) mass is 341 g/mol. The summed E-state index contributed by atoms with van der Waals surface area (Å²) >= 11 is 0. The number of carbonyl (C=O) groups is 1. The lowest BCUT2D eigenvalue weighted by atomic mass is 10.0. The highest BCUT2D eigenvalue weighted by molar-refractivity contribution is 5.94. The van der Waals surface area contributed by atoms with E-state index in [9.17, 15) is 9.18 Å². The standard InChI is InChI=1S/C20H24FN3O/c1-14-13-23(15(2)18-5-3-4-6-19(18)21)11-12-24(14)20(25)16-7-9-17(22)10-8-16/h3-10,14-15H,11-13,22H2,1-2H3/t14-,15?/m1/s1. The molecule has 25 heavy (non-hydrogen) atoms. The summed E-state index contributed by atoms with van der Waals surface area (Å²) < 4.78 is 14.0. The smallest absolute Gasteiger partial charge is 0.254 e. The van der Waals surface area contributed by atoms with E-state index in [1.165, 1.54) is 6.07 Å². The van der Waals surface area contributed by atoms with Gasteiger partial charge in [0.25, 0.3) is 5.91 Å². The predicted octanol–water partition coefficient (Wildman–Crippen LogP) is 3.32. The van der Waals surface area contributed by atoms with Gasteiger partial charge in [-0.05, 0) is 44.2 Å². The molecular weight excluding hydrogens is 317 g/mol. The van der Waals surface area contributed by atoms with Crippen LogP contribution in [0.1, 0.15) is 35.8 Å². The van der Waals surface area contributed by atoms with Crippen molar-refractivity contribution in [3.63, 3.8) is 0 Å². The van der Waals surface area contributed by atoms with Gasteiger partial charge in [-0.3, -0.25) is 9.69 Å². The highest BCUT2D eigenvalue weighted by Gasteiger charge is 2.31. The van der Waals surface area contributed by atoms with Crippen LogP contribution in [0.15, 0.2) is 48.5 Å². The highest BCUT2D eigenvalue weighted by Crippen LogP contribution is 2.26. The van der Waals surface area contributed by atoms with Crippen molar-refractivity contribution in [1.29, 1.82) is 0 Å². The summed E-state index contributed by atoms with van der Waals surface area (Å²) in [4.78, 5) is 16.8. The summed E-state index contributed by atoms with van der Waals surface area (Å²) in [5.41, 5.74) is 7.69. The van der Waals surface area contributed by atoms with Crippen LogP contribution in [-0.2, 0) is 0 Å². The molecule has 0 radical (unpaired) electrons. The van der Waals surface area contributed by atoms with E-state index >= 15 is 0 Å². The Hall–Kier alpha value is -2.40. The van der Waals surface area contributed by atoms with E-state index in [0.29, 0.717) is 23.4 Å². The molecule has 1 saturated heterocycles. The molecule has 2 N–H and O–H groups in total. The normalized spacial score (nSPS) is 19.6. The average molecular weight is 341 g/mol.